The maximum Gasteiger partial charge on any atom is 0.255 e. The minimum absolute atomic E-state index is 0.00452. The first-order valence-corrected chi connectivity index (χ1v) is 7.12. The second-order valence-corrected chi connectivity index (χ2v) is 5.82. The van der Waals surface area contributed by atoms with Crippen molar-refractivity contribution < 1.29 is 4.79 Å². The van der Waals surface area contributed by atoms with Crippen LogP contribution in [0.1, 0.15) is 16.8 Å². The van der Waals surface area contributed by atoms with E-state index in [-0.39, 0.29) is 5.91 Å². The van der Waals surface area contributed by atoms with Crippen LogP contribution in [0.2, 0.25) is 5.02 Å². The summed E-state index contributed by atoms with van der Waals surface area (Å²) in [6, 6.07) is 5.32. The maximum atomic E-state index is 12.2. The second-order valence-electron chi connectivity index (χ2n) is 4.18. The SMILES string of the molecule is O=C(c1ccc(Br)cc1Cl)N1CCC(CCl)C1. The van der Waals surface area contributed by atoms with E-state index < -0.39 is 0 Å². The predicted octanol–water partition coefficient (Wildman–Crippen LogP) is 3.80. The number of rotatable bonds is 2. The standard InChI is InChI=1S/C12H12BrCl2NO/c13-9-1-2-10(11(15)5-9)12(17)16-4-3-8(6-14)7-16/h1-2,5,8H,3-4,6-7H2. The fourth-order valence-electron chi connectivity index (χ4n) is 1.98. The van der Waals surface area contributed by atoms with Crippen LogP contribution < -0.4 is 0 Å². The van der Waals surface area contributed by atoms with E-state index in [1.165, 1.54) is 0 Å². The van der Waals surface area contributed by atoms with E-state index in [1.54, 1.807) is 12.1 Å². The summed E-state index contributed by atoms with van der Waals surface area (Å²) < 4.78 is 0.874. The van der Waals surface area contributed by atoms with E-state index in [9.17, 15) is 4.79 Å². The van der Waals surface area contributed by atoms with Crippen LogP contribution in [0, 0.1) is 5.92 Å². The molecule has 1 atom stereocenters. The van der Waals surface area contributed by atoms with Crippen molar-refractivity contribution in [3.63, 3.8) is 0 Å². The van der Waals surface area contributed by atoms with E-state index in [2.05, 4.69) is 15.9 Å². The number of alkyl halides is 1. The second kappa shape index (κ2) is 5.59. The molecule has 1 heterocycles. The summed E-state index contributed by atoms with van der Waals surface area (Å²) >= 11 is 15.2. The van der Waals surface area contributed by atoms with Crippen molar-refractivity contribution in [3.05, 3.63) is 33.3 Å². The minimum Gasteiger partial charge on any atom is -0.338 e. The van der Waals surface area contributed by atoms with Crippen molar-refractivity contribution in [2.75, 3.05) is 19.0 Å². The molecule has 0 N–H and O–H groups in total. The van der Waals surface area contributed by atoms with Crippen LogP contribution in [0.25, 0.3) is 0 Å². The summed E-state index contributed by atoms with van der Waals surface area (Å²) in [4.78, 5) is 14.0. The molecule has 2 rings (SSSR count). The smallest absolute Gasteiger partial charge is 0.255 e. The first-order valence-electron chi connectivity index (χ1n) is 5.42. The summed E-state index contributed by atoms with van der Waals surface area (Å²) in [5, 5.41) is 0.485. The van der Waals surface area contributed by atoms with Crippen LogP contribution in [-0.2, 0) is 0 Å². The summed E-state index contributed by atoms with van der Waals surface area (Å²) in [6.45, 7) is 1.50. The van der Waals surface area contributed by atoms with Gasteiger partial charge >= 0.3 is 0 Å². The van der Waals surface area contributed by atoms with E-state index >= 15 is 0 Å². The van der Waals surface area contributed by atoms with Gasteiger partial charge in [0, 0.05) is 23.4 Å². The number of hydrogen-bond acceptors (Lipinski definition) is 1. The predicted molar refractivity (Wildman–Crippen MR) is 73.9 cm³/mol. The molecule has 1 aliphatic heterocycles. The van der Waals surface area contributed by atoms with E-state index in [1.807, 2.05) is 11.0 Å². The summed E-state index contributed by atoms with van der Waals surface area (Å²) in [5.74, 6) is 1.02. The zero-order chi connectivity index (χ0) is 12.4. The third-order valence-electron chi connectivity index (χ3n) is 2.95. The number of carbonyl (C=O) groups excluding carboxylic acids is 1. The Hall–Kier alpha value is -0.250. The molecule has 0 spiro atoms. The number of nitrogens with zero attached hydrogens (tertiary/aromatic N) is 1. The first-order chi connectivity index (χ1) is 8.11. The molecule has 1 aliphatic rings. The fourth-order valence-corrected chi connectivity index (χ4v) is 2.98. The lowest BCUT2D eigenvalue weighted by molar-refractivity contribution is 0.0788. The van der Waals surface area contributed by atoms with Gasteiger partial charge in [-0.1, -0.05) is 27.5 Å². The number of halogens is 3. The number of benzene rings is 1. The Kier molecular flexibility index (Phi) is 4.34. The Bertz CT molecular complexity index is 439. The molecule has 0 bridgehead atoms. The lowest BCUT2D eigenvalue weighted by Gasteiger charge is -2.17. The molecule has 2 nitrogen and oxygen atoms in total. The van der Waals surface area contributed by atoms with Gasteiger partial charge in [0.25, 0.3) is 5.91 Å². The van der Waals surface area contributed by atoms with Gasteiger partial charge in [-0.3, -0.25) is 4.79 Å². The summed E-state index contributed by atoms with van der Waals surface area (Å²) in [6.07, 6.45) is 0.976. The molecular weight excluding hydrogens is 325 g/mol. The molecule has 1 fully saturated rings. The monoisotopic (exact) mass is 335 g/mol. The maximum absolute atomic E-state index is 12.2. The van der Waals surface area contributed by atoms with Crippen molar-refractivity contribution >= 4 is 45.0 Å². The van der Waals surface area contributed by atoms with Gasteiger partial charge in [0.2, 0.25) is 0 Å². The molecular formula is C12H12BrCl2NO. The molecule has 0 aromatic heterocycles. The molecule has 0 aliphatic carbocycles. The highest BCUT2D eigenvalue weighted by Gasteiger charge is 2.27. The zero-order valence-electron chi connectivity index (χ0n) is 9.13. The van der Waals surface area contributed by atoms with Crippen LogP contribution in [0.5, 0.6) is 0 Å². The molecule has 1 aromatic rings. The quantitative estimate of drug-likeness (QED) is 0.752. The Morgan fingerprint density at radius 1 is 1.53 bits per heavy atom. The van der Waals surface area contributed by atoms with Gasteiger partial charge in [-0.15, -0.1) is 11.6 Å². The number of carbonyl (C=O) groups is 1. The van der Waals surface area contributed by atoms with Gasteiger partial charge in [-0.25, -0.2) is 0 Å². The van der Waals surface area contributed by atoms with Crippen molar-refractivity contribution in [3.8, 4) is 0 Å². The molecule has 1 amide bonds. The Morgan fingerprint density at radius 3 is 2.88 bits per heavy atom. The van der Waals surface area contributed by atoms with Gasteiger partial charge < -0.3 is 4.90 Å². The van der Waals surface area contributed by atoms with Crippen LogP contribution in [0.15, 0.2) is 22.7 Å². The van der Waals surface area contributed by atoms with Gasteiger partial charge in [0.15, 0.2) is 0 Å². The van der Waals surface area contributed by atoms with Crippen LogP contribution in [0.4, 0.5) is 0 Å². The van der Waals surface area contributed by atoms with E-state index in [0.717, 1.165) is 24.0 Å². The number of likely N-dealkylation sites (tertiary alicyclic amines) is 1. The highest BCUT2D eigenvalue weighted by atomic mass is 79.9. The van der Waals surface area contributed by atoms with Crippen molar-refractivity contribution in [2.45, 2.75) is 6.42 Å². The third kappa shape index (κ3) is 2.95. The minimum atomic E-state index is -0.00452. The average molecular weight is 337 g/mol. The zero-order valence-corrected chi connectivity index (χ0v) is 12.2. The molecule has 1 saturated heterocycles. The van der Waals surface area contributed by atoms with Gasteiger partial charge in [-0.05, 0) is 30.5 Å². The topological polar surface area (TPSA) is 20.3 Å². The highest BCUT2D eigenvalue weighted by molar-refractivity contribution is 9.10. The Morgan fingerprint density at radius 2 is 2.29 bits per heavy atom. The molecule has 0 saturated carbocycles. The molecule has 1 unspecified atom stereocenters. The van der Waals surface area contributed by atoms with Crippen molar-refractivity contribution in [1.82, 2.24) is 4.90 Å². The summed E-state index contributed by atoms with van der Waals surface area (Å²) in [7, 11) is 0. The Balaban J connectivity index is 2.15. The molecule has 0 radical (unpaired) electrons. The van der Waals surface area contributed by atoms with E-state index in [4.69, 9.17) is 23.2 Å². The lowest BCUT2D eigenvalue weighted by atomic mass is 10.1. The average Bonchev–Trinajstić information content (AvgIpc) is 2.76. The van der Waals surface area contributed by atoms with Gasteiger partial charge in [0.1, 0.15) is 0 Å². The van der Waals surface area contributed by atoms with Crippen molar-refractivity contribution in [2.24, 2.45) is 5.92 Å². The van der Waals surface area contributed by atoms with E-state index in [0.29, 0.717) is 22.4 Å². The molecule has 5 heteroatoms. The van der Waals surface area contributed by atoms with Gasteiger partial charge in [-0.2, -0.15) is 0 Å². The molecule has 17 heavy (non-hydrogen) atoms. The molecule has 1 aromatic carbocycles. The van der Waals surface area contributed by atoms with Crippen LogP contribution >= 0.6 is 39.1 Å². The van der Waals surface area contributed by atoms with Gasteiger partial charge in [0.05, 0.1) is 10.6 Å². The summed E-state index contributed by atoms with van der Waals surface area (Å²) in [5.41, 5.74) is 0.560. The first kappa shape index (κ1) is 13.2. The largest absolute Gasteiger partial charge is 0.338 e. The number of hydrogen-bond donors (Lipinski definition) is 0. The lowest BCUT2D eigenvalue weighted by Crippen LogP contribution is -2.29. The van der Waals surface area contributed by atoms with Crippen molar-refractivity contribution in [1.29, 1.82) is 0 Å². The molecule has 92 valence electrons. The highest BCUT2D eigenvalue weighted by Crippen LogP contribution is 2.25. The third-order valence-corrected chi connectivity index (χ3v) is 4.20. The van der Waals surface area contributed by atoms with Crippen LogP contribution in [-0.4, -0.2) is 29.8 Å². The number of amides is 1. The fraction of sp³-hybridized carbons (Fsp3) is 0.417. The Labute approximate surface area is 119 Å². The van der Waals surface area contributed by atoms with Crippen LogP contribution in [0.3, 0.4) is 0 Å². The normalized spacial score (nSPS) is 19.7.